The highest BCUT2D eigenvalue weighted by Gasteiger charge is 2.19. The van der Waals surface area contributed by atoms with Gasteiger partial charge in [0.15, 0.2) is 11.0 Å². The van der Waals surface area contributed by atoms with Crippen molar-refractivity contribution >= 4 is 17.7 Å². The Morgan fingerprint density at radius 3 is 2.82 bits per heavy atom. The maximum Gasteiger partial charge on any atom is 0.233 e. The fourth-order valence-corrected chi connectivity index (χ4v) is 3.57. The number of rotatable bonds is 9. The highest BCUT2D eigenvalue weighted by Crippen LogP contribution is 2.25. The van der Waals surface area contributed by atoms with Crippen LogP contribution < -0.4 is 0 Å². The summed E-state index contributed by atoms with van der Waals surface area (Å²) in [6, 6.07) is 7.53. The Morgan fingerprint density at radius 2 is 2.18 bits per heavy atom. The molecule has 0 aliphatic heterocycles. The van der Waals surface area contributed by atoms with E-state index in [9.17, 15) is 4.79 Å². The lowest BCUT2D eigenvalue weighted by atomic mass is 10.2. The van der Waals surface area contributed by atoms with E-state index in [1.165, 1.54) is 11.8 Å². The number of hydrogen-bond acceptors (Lipinski definition) is 6. The molecule has 0 bridgehead atoms. The normalized spacial score (nSPS) is 10.8. The van der Waals surface area contributed by atoms with Gasteiger partial charge in [-0.05, 0) is 38.1 Å². The number of hydrogen-bond donors (Lipinski definition) is 0. The molecule has 0 atom stereocenters. The SMILES string of the molecule is C=C(C)CN(CC)C(=O)CSc1nnc(-c2cccnc2)n1Cc1ccco1. The van der Waals surface area contributed by atoms with Crippen LogP contribution in [0, 0.1) is 0 Å². The van der Waals surface area contributed by atoms with Crippen LogP contribution in [0.2, 0.25) is 0 Å². The molecule has 0 aliphatic carbocycles. The van der Waals surface area contributed by atoms with Crippen molar-refractivity contribution in [3.63, 3.8) is 0 Å². The molecule has 0 N–H and O–H groups in total. The first-order valence-corrected chi connectivity index (χ1v) is 9.98. The average Bonchev–Trinajstić information content (AvgIpc) is 3.35. The second-order valence-electron chi connectivity index (χ2n) is 6.37. The molecule has 28 heavy (non-hydrogen) atoms. The van der Waals surface area contributed by atoms with Crippen LogP contribution in [0.15, 0.2) is 64.6 Å². The standard InChI is InChI=1S/C20H23N5O2S/c1-4-24(12-15(2)3)18(26)14-28-20-23-22-19(16-7-5-9-21-11-16)25(20)13-17-8-6-10-27-17/h5-11H,2,4,12-14H2,1,3H3. The van der Waals surface area contributed by atoms with Gasteiger partial charge in [-0.1, -0.05) is 23.9 Å². The van der Waals surface area contributed by atoms with Gasteiger partial charge in [-0.15, -0.1) is 10.2 Å². The van der Waals surface area contributed by atoms with E-state index in [1.807, 2.05) is 42.7 Å². The lowest BCUT2D eigenvalue weighted by Crippen LogP contribution is -2.33. The summed E-state index contributed by atoms with van der Waals surface area (Å²) in [4.78, 5) is 18.5. The summed E-state index contributed by atoms with van der Waals surface area (Å²) in [5, 5.41) is 9.30. The Morgan fingerprint density at radius 1 is 1.32 bits per heavy atom. The summed E-state index contributed by atoms with van der Waals surface area (Å²) in [5.41, 5.74) is 1.82. The number of carbonyl (C=O) groups is 1. The van der Waals surface area contributed by atoms with Gasteiger partial charge in [0, 0.05) is 31.0 Å². The molecule has 3 aromatic heterocycles. The molecule has 7 nitrogen and oxygen atoms in total. The fourth-order valence-electron chi connectivity index (χ4n) is 2.72. The number of carbonyl (C=O) groups excluding carboxylic acids is 1. The molecule has 0 radical (unpaired) electrons. The molecule has 0 unspecified atom stereocenters. The minimum absolute atomic E-state index is 0.0472. The Bertz CT molecular complexity index is 921. The smallest absolute Gasteiger partial charge is 0.233 e. The van der Waals surface area contributed by atoms with Gasteiger partial charge in [-0.3, -0.25) is 14.3 Å². The molecular weight excluding hydrogens is 374 g/mol. The predicted molar refractivity (Wildman–Crippen MR) is 109 cm³/mol. The number of thioether (sulfide) groups is 1. The maximum absolute atomic E-state index is 12.6. The average molecular weight is 398 g/mol. The molecule has 3 aromatic rings. The van der Waals surface area contributed by atoms with E-state index < -0.39 is 0 Å². The highest BCUT2D eigenvalue weighted by atomic mass is 32.2. The highest BCUT2D eigenvalue weighted by molar-refractivity contribution is 7.99. The zero-order valence-corrected chi connectivity index (χ0v) is 16.9. The van der Waals surface area contributed by atoms with Crippen molar-refractivity contribution in [3.05, 3.63) is 60.8 Å². The first-order valence-electron chi connectivity index (χ1n) is 8.99. The van der Waals surface area contributed by atoms with E-state index in [0.717, 1.165) is 16.9 Å². The van der Waals surface area contributed by atoms with Crippen molar-refractivity contribution in [3.8, 4) is 11.4 Å². The van der Waals surface area contributed by atoms with Crippen LogP contribution in [0.4, 0.5) is 0 Å². The molecular formula is C20H23N5O2S. The van der Waals surface area contributed by atoms with Gasteiger partial charge in [0.2, 0.25) is 5.91 Å². The molecule has 146 valence electrons. The van der Waals surface area contributed by atoms with Crippen LogP contribution in [-0.4, -0.2) is 49.4 Å². The number of nitrogens with zero attached hydrogens (tertiary/aromatic N) is 5. The van der Waals surface area contributed by atoms with Crippen LogP contribution in [0.1, 0.15) is 19.6 Å². The van der Waals surface area contributed by atoms with E-state index >= 15 is 0 Å². The van der Waals surface area contributed by atoms with Crippen LogP contribution in [0.3, 0.4) is 0 Å². The maximum atomic E-state index is 12.6. The topological polar surface area (TPSA) is 77.1 Å². The number of pyridine rings is 1. The number of furan rings is 1. The minimum atomic E-state index is 0.0472. The van der Waals surface area contributed by atoms with Crippen molar-refractivity contribution in [1.82, 2.24) is 24.6 Å². The van der Waals surface area contributed by atoms with E-state index in [0.29, 0.717) is 30.6 Å². The molecule has 0 aromatic carbocycles. The molecule has 0 aliphatic rings. The Labute approximate surface area is 168 Å². The first kappa shape index (κ1) is 19.9. The summed E-state index contributed by atoms with van der Waals surface area (Å²) in [7, 11) is 0. The molecule has 0 fully saturated rings. The third-order valence-corrected chi connectivity index (χ3v) is 5.00. The van der Waals surface area contributed by atoms with Gasteiger partial charge in [-0.2, -0.15) is 0 Å². The van der Waals surface area contributed by atoms with E-state index in [2.05, 4.69) is 21.8 Å². The monoisotopic (exact) mass is 397 g/mol. The molecule has 0 saturated heterocycles. The van der Waals surface area contributed by atoms with Crippen molar-refractivity contribution in [1.29, 1.82) is 0 Å². The van der Waals surface area contributed by atoms with Crippen molar-refractivity contribution < 1.29 is 9.21 Å². The van der Waals surface area contributed by atoms with E-state index in [4.69, 9.17) is 4.42 Å². The number of aromatic nitrogens is 4. The van der Waals surface area contributed by atoms with Crippen LogP contribution in [0.25, 0.3) is 11.4 Å². The summed E-state index contributed by atoms with van der Waals surface area (Å²) in [6.45, 7) is 9.46. The van der Waals surface area contributed by atoms with Gasteiger partial charge in [0.05, 0.1) is 18.6 Å². The molecule has 3 rings (SSSR count). The lowest BCUT2D eigenvalue weighted by molar-refractivity contribution is -0.127. The fraction of sp³-hybridized carbons (Fsp3) is 0.300. The van der Waals surface area contributed by atoms with Crippen LogP contribution in [0.5, 0.6) is 0 Å². The predicted octanol–water partition coefficient (Wildman–Crippen LogP) is 3.50. The first-order chi connectivity index (χ1) is 13.6. The zero-order chi connectivity index (χ0) is 19.9. The van der Waals surface area contributed by atoms with Crippen molar-refractivity contribution in [2.75, 3.05) is 18.8 Å². The summed E-state index contributed by atoms with van der Waals surface area (Å²) in [5.74, 6) is 1.81. The quantitative estimate of drug-likeness (QED) is 0.406. The molecule has 1 amide bonds. The number of likely N-dealkylation sites (N-methyl/N-ethyl adjacent to an activating group) is 1. The number of amides is 1. The summed E-state index contributed by atoms with van der Waals surface area (Å²) >= 11 is 1.37. The summed E-state index contributed by atoms with van der Waals surface area (Å²) in [6.07, 6.45) is 5.09. The molecule has 0 saturated carbocycles. The third kappa shape index (κ3) is 4.89. The van der Waals surface area contributed by atoms with E-state index in [1.54, 1.807) is 23.6 Å². The van der Waals surface area contributed by atoms with Crippen LogP contribution >= 0.6 is 11.8 Å². The van der Waals surface area contributed by atoms with Gasteiger partial charge in [0.25, 0.3) is 0 Å². The zero-order valence-electron chi connectivity index (χ0n) is 16.0. The van der Waals surface area contributed by atoms with Gasteiger partial charge < -0.3 is 9.32 Å². The van der Waals surface area contributed by atoms with Gasteiger partial charge in [-0.25, -0.2) is 0 Å². The van der Waals surface area contributed by atoms with Gasteiger partial charge >= 0.3 is 0 Å². The Hall–Kier alpha value is -2.87. The van der Waals surface area contributed by atoms with Crippen molar-refractivity contribution in [2.24, 2.45) is 0 Å². The van der Waals surface area contributed by atoms with E-state index in [-0.39, 0.29) is 11.7 Å². The van der Waals surface area contributed by atoms with Gasteiger partial charge in [0.1, 0.15) is 5.76 Å². The molecule has 8 heteroatoms. The largest absolute Gasteiger partial charge is 0.467 e. The lowest BCUT2D eigenvalue weighted by Gasteiger charge is -2.20. The van der Waals surface area contributed by atoms with Crippen LogP contribution in [-0.2, 0) is 11.3 Å². The minimum Gasteiger partial charge on any atom is -0.467 e. The Balaban J connectivity index is 1.81. The molecule has 3 heterocycles. The second-order valence-corrected chi connectivity index (χ2v) is 7.31. The third-order valence-electron chi connectivity index (χ3n) is 4.05. The van der Waals surface area contributed by atoms with Crippen molar-refractivity contribution in [2.45, 2.75) is 25.5 Å². The second kappa shape index (κ2) is 9.36. The Kier molecular flexibility index (Phi) is 6.65. The summed E-state index contributed by atoms with van der Waals surface area (Å²) < 4.78 is 7.44. The molecule has 0 spiro atoms.